The summed E-state index contributed by atoms with van der Waals surface area (Å²) in [5.74, 6) is 2.69. The van der Waals surface area contributed by atoms with Gasteiger partial charge in [0.2, 0.25) is 0 Å². The van der Waals surface area contributed by atoms with Gasteiger partial charge in [-0.3, -0.25) is 9.59 Å². The summed E-state index contributed by atoms with van der Waals surface area (Å²) in [6.07, 6.45) is 2.61. The fourth-order valence-corrected chi connectivity index (χ4v) is 4.03. The van der Waals surface area contributed by atoms with Gasteiger partial charge < -0.3 is 30.2 Å². The normalized spacial score (nSPS) is 10.5. The Morgan fingerprint density at radius 1 is 0.838 bits per heavy atom. The number of amides is 2. The number of carbonyl (C=O) groups is 2. The molecule has 0 saturated heterocycles. The molecule has 4 N–H and O–H groups in total. The Morgan fingerprint density at radius 3 is 1.86 bits per heavy atom. The highest BCUT2D eigenvalue weighted by atomic mass is 32.2. The maximum atomic E-state index is 11.7. The molecule has 0 fully saturated rings. The standard InChI is InChI=1S/C14H22N2O2.C14H15NO3S/c1-3-16(4-2)11-5-10-15-14(18)12-6-8-13(17)9-7-12;16-12-5-3-11(4-6-12)14(17)15-7-9-19-10-13-2-1-8-18-13/h6-9,17H,3-5,10-11H2,1-2H3,(H,15,18);1-6,8,16H,7,9-10H2,(H,15,17). The number of phenols is 2. The van der Waals surface area contributed by atoms with Crippen LogP contribution in [0.2, 0.25) is 0 Å². The summed E-state index contributed by atoms with van der Waals surface area (Å²) in [7, 11) is 0. The van der Waals surface area contributed by atoms with Crippen molar-refractivity contribution in [2.24, 2.45) is 0 Å². The van der Waals surface area contributed by atoms with Crippen LogP contribution >= 0.6 is 11.8 Å². The van der Waals surface area contributed by atoms with Crippen LogP contribution in [0.5, 0.6) is 11.5 Å². The molecule has 0 unspecified atom stereocenters. The molecule has 2 amide bonds. The highest BCUT2D eigenvalue weighted by Crippen LogP contribution is 2.12. The number of hydrogen-bond donors (Lipinski definition) is 4. The van der Waals surface area contributed by atoms with E-state index in [1.54, 1.807) is 42.3 Å². The minimum Gasteiger partial charge on any atom is -0.508 e. The topological polar surface area (TPSA) is 115 Å². The molecular weight excluding hydrogens is 490 g/mol. The zero-order chi connectivity index (χ0) is 26.9. The van der Waals surface area contributed by atoms with Crippen molar-refractivity contribution in [1.29, 1.82) is 0 Å². The summed E-state index contributed by atoms with van der Waals surface area (Å²) in [5.41, 5.74) is 1.13. The molecule has 0 spiro atoms. The van der Waals surface area contributed by atoms with Gasteiger partial charge in [0.25, 0.3) is 11.8 Å². The average molecular weight is 528 g/mol. The van der Waals surface area contributed by atoms with Crippen LogP contribution in [-0.2, 0) is 5.75 Å². The van der Waals surface area contributed by atoms with Gasteiger partial charge in [-0.05, 0) is 86.7 Å². The Labute approximate surface area is 223 Å². The number of nitrogens with zero attached hydrogens (tertiary/aromatic N) is 1. The number of benzene rings is 2. The van der Waals surface area contributed by atoms with E-state index in [2.05, 4.69) is 29.4 Å². The number of carbonyl (C=O) groups excluding carboxylic acids is 2. The van der Waals surface area contributed by atoms with Gasteiger partial charge >= 0.3 is 0 Å². The van der Waals surface area contributed by atoms with Gasteiger partial charge in [-0.15, -0.1) is 0 Å². The van der Waals surface area contributed by atoms with Crippen LogP contribution in [-0.4, -0.2) is 65.4 Å². The summed E-state index contributed by atoms with van der Waals surface area (Å²) < 4.78 is 5.21. The number of nitrogens with one attached hydrogen (secondary N) is 2. The molecule has 2 aromatic carbocycles. The van der Waals surface area contributed by atoms with E-state index >= 15 is 0 Å². The molecule has 3 rings (SSSR count). The molecule has 9 heteroatoms. The molecule has 0 aliphatic heterocycles. The maximum absolute atomic E-state index is 11.7. The van der Waals surface area contributed by atoms with E-state index in [4.69, 9.17) is 14.6 Å². The van der Waals surface area contributed by atoms with Crippen LogP contribution in [0.25, 0.3) is 0 Å². The van der Waals surface area contributed by atoms with Crippen molar-refractivity contribution in [3.05, 3.63) is 83.8 Å². The quantitative estimate of drug-likeness (QED) is 0.242. The van der Waals surface area contributed by atoms with Crippen LogP contribution < -0.4 is 10.6 Å². The Morgan fingerprint density at radius 2 is 1.38 bits per heavy atom. The molecular formula is C28H37N3O5S. The first-order valence-corrected chi connectivity index (χ1v) is 13.5. The lowest BCUT2D eigenvalue weighted by molar-refractivity contribution is 0.0945. The summed E-state index contributed by atoms with van der Waals surface area (Å²) in [6, 6.07) is 16.3. The van der Waals surface area contributed by atoms with Crippen LogP contribution in [0.1, 0.15) is 46.7 Å². The first-order valence-electron chi connectivity index (χ1n) is 12.4. The van der Waals surface area contributed by atoms with Crippen molar-refractivity contribution in [1.82, 2.24) is 15.5 Å². The number of aromatic hydroxyl groups is 2. The number of furan rings is 1. The largest absolute Gasteiger partial charge is 0.508 e. The molecule has 0 aliphatic rings. The Balaban J connectivity index is 0.000000261. The van der Waals surface area contributed by atoms with Gasteiger partial charge in [0, 0.05) is 30.0 Å². The van der Waals surface area contributed by atoms with Crippen LogP contribution in [0.4, 0.5) is 0 Å². The molecule has 0 bridgehead atoms. The van der Waals surface area contributed by atoms with Gasteiger partial charge in [0.05, 0.1) is 12.0 Å². The van der Waals surface area contributed by atoms with Crippen molar-refractivity contribution in [2.75, 3.05) is 38.5 Å². The second-order valence-corrected chi connectivity index (χ2v) is 9.22. The van der Waals surface area contributed by atoms with E-state index in [1.165, 1.54) is 24.3 Å². The third kappa shape index (κ3) is 11.9. The van der Waals surface area contributed by atoms with Crippen LogP contribution in [0.3, 0.4) is 0 Å². The van der Waals surface area contributed by atoms with E-state index in [-0.39, 0.29) is 23.3 Å². The van der Waals surface area contributed by atoms with E-state index in [1.807, 2.05) is 12.1 Å². The molecule has 1 heterocycles. The molecule has 0 radical (unpaired) electrons. The highest BCUT2D eigenvalue weighted by Gasteiger charge is 2.06. The molecule has 1 aromatic heterocycles. The SMILES string of the molecule is CCN(CC)CCCNC(=O)c1ccc(O)cc1.O=C(NCCSCc1ccco1)c1ccc(O)cc1. The van der Waals surface area contributed by atoms with Crippen LogP contribution in [0, 0.1) is 0 Å². The second kappa shape index (κ2) is 17.1. The van der Waals surface area contributed by atoms with Gasteiger partial charge in [-0.2, -0.15) is 11.8 Å². The minimum absolute atomic E-state index is 0.0884. The molecule has 3 aromatic rings. The van der Waals surface area contributed by atoms with E-state index < -0.39 is 0 Å². The molecule has 200 valence electrons. The predicted molar refractivity (Wildman–Crippen MR) is 148 cm³/mol. The lowest BCUT2D eigenvalue weighted by Crippen LogP contribution is -2.29. The predicted octanol–water partition coefficient (Wildman–Crippen LogP) is 4.50. The lowest BCUT2D eigenvalue weighted by Gasteiger charge is -2.17. The Kier molecular flexibility index (Phi) is 13.8. The van der Waals surface area contributed by atoms with E-state index in [9.17, 15) is 9.59 Å². The molecule has 0 aliphatic carbocycles. The van der Waals surface area contributed by atoms with Crippen molar-refractivity contribution < 1.29 is 24.2 Å². The van der Waals surface area contributed by atoms with Gasteiger partial charge in [0.15, 0.2) is 0 Å². The van der Waals surface area contributed by atoms with Crippen molar-refractivity contribution in [2.45, 2.75) is 26.0 Å². The molecule has 0 saturated carbocycles. The Hall–Kier alpha value is -3.43. The summed E-state index contributed by atoms with van der Waals surface area (Å²) >= 11 is 1.70. The van der Waals surface area contributed by atoms with Gasteiger partial charge in [-0.25, -0.2) is 0 Å². The summed E-state index contributed by atoms with van der Waals surface area (Å²) in [5, 5.41) is 24.0. The number of rotatable bonds is 13. The third-order valence-corrected chi connectivity index (χ3v) is 6.43. The first kappa shape index (κ1) is 29.8. The number of thioether (sulfide) groups is 1. The molecule has 37 heavy (non-hydrogen) atoms. The van der Waals surface area contributed by atoms with Crippen molar-refractivity contribution in [3.8, 4) is 11.5 Å². The molecule has 0 atom stereocenters. The summed E-state index contributed by atoms with van der Waals surface area (Å²) in [6.45, 7) is 8.64. The highest BCUT2D eigenvalue weighted by molar-refractivity contribution is 7.98. The van der Waals surface area contributed by atoms with Gasteiger partial charge in [-0.1, -0.05) is 13.8 Å². The number of hydrogen-bond acceptors (Lipinski definition) is 7. The van der Waals surface area contributed by atoms with Crippen molar-refractivity contribution in [3.63, 3.8) is 0 Å². The average Bonchev–Trinajstić information content (AvgIpc) is 3.43. The number of phenolic OH excluding ortho intramolecular Hbond substituents is 2. The summed E-state index contributed by atoms with van der Waals surface area (Å²) in [4.78, 5) is 25.8. The lowest BCUT2D eigenvalue weighted by atomic mass is 10.2. The fraction of sp³-hybridized carbons (Fsp3) is 0.357. The second-order valence-electron chi connectivity index (χ2n) is 8.12. The zero-order valence-corrected chi connectivity index (χ0v) is 22.3. The smallest absolute Gasteiger partial charge is 0.251 e. The zero-order valence-electron chi connectivity index (χ0n) is 21.5. The van der Waals surface area contributed by atoms with E-state index in [0.29, 0.717) is 24.2 Å². The van der Waals surface area contributed by atoms with E-state index in [0.717, 1.165) is 43.3 Å². The fourth-order valence-electron chi connectivity index (χ4n) is 3.28. The Bertz CT molecular complexity index is 1040. The molecule has 8 nitrogen and oxygen atoms in total. The monoisotopic (exact) mass is 527 g/mol. The first-order chi connectivity index (χ1) is 17.9. The minimum atomic E-state index is -0.126. The van der Waals surface area contributed by atoms with Gasteiger partial charge in [0.1, 0.15) is 17.3 Å². The third-order valence-electron chi connectivity index (χ3n) is 5.45. The van der Waals surface area contributed by atoms with Crippen molar-refractivity contribution >= 4 is 23.6 Å². The maximum Gasteiger partial charge on any atom is 0.251 e. The van der Waals surface area contributed by atoms with Crippen LogP contribution in [0.15, 0.2) is 71.3 Å².